The zero-order valence-corrected chi connectivity index (χ0v) is 21.5. The molecule has 1 aliphatic rings. The lowest BCUT2D eigenvalue weighted by Gasteiger charge is -2.37. The summed E-state index contributed by atoms with van der Waals surface area (Å²) in [5, 5.41) is 3.50. The average Bonchev–Trinajstić information content (AvgIpc) is 3.31. The van der Waals surface area contributed by atoms with E-state index in [2.05, 4.69) is 43.8 Å². The molecule has 5 nitrogen and oxygen atoms in total. The first-order chi connectivity index (χ1) is 16.0. The van der Waals surface area contributed by atoms with Crippen molar-refractivity contribution in [2.45, 2.75) is 13.1 Å². The maximum atomic E-state index is 13.7. The van der Waals surface area contributed by atoms with Crippen LogP contribution in [0, 0.1) is 3.57 Å². The van der Waals surface area contributed by atoms with E-state index >= 15 is 0 Å². The molecule has 1 amide bonds. The summed E-state index contributed by atoms with van der Waals surface area (Å²) in [4.78, 5) is 15.4. The Balaban J connectivity index is 1.56. The predicted octanol–water partition coefficient (Wildman–Crippen LogP) is 7.48. The molecule has 0 spiro atoms. The molecular weight excluding hydrogens is 595 g/mol. The molecule has 5 rings (SSSR count). The predicted molar refractivity (Wildman–Crippen MR) is 142 cm³/mol. The Morgan fingerprint density at radius 3 is 2.52 bits per heavy atom. The van der Waals surface area contributed by atoms with Crippen molar-refractivity contribution in [2.75, 3.05) is 16.8 Å². The highest BCUT2D eigenvalue weighted by atomic mass is 127. The van der Waals surface area contributed by atoms with Gasteiger partial charge < -0.3 is 14.5 Å². The van der Waals surface area contributed by atoms with Crippen LogP contribution in [0.25, 0.3) is 11.3 Å². The van der Waals surface area contributed by atoms with Crippen LogP contribution >= 0.6 is 38.5 Å². The number of carbonyl (C=O) groups excluding carboxylic acids is 1. The van der Waals surface area contributed by atoms with E-state index in [-0.39, 0.29) is 5.91 Å². The summed E-state index contributed by atoms with van der Waals surface area (Å²) in [6.07, 6.45) is -0.493. The van der Waals surface area contributed by atoms with E-state index in [0.29, 0.717) is 17.9 Å². The Labute approximate surface area is 214 Å². The second kappa shape index (κ2) is 9.23. The van der Waals surface area contributed by atoms with E-state index in [9.17, 15) is 4.79 Å². The average molecular weight is 615 g/mol. The zero-order valence-electron chi connectivity index (χ0n) is 17.7. The number of hydrogen-bond acceptors (Lipinski definition) is 4. The molecule has 0 saturated carbocycles. The van der Waals surface area contributed by atoms with Crippen molar-refractivity contribution in [3.8, 4) is 17.1 Å². The van der Waals surface area contributed by atoms with Gasteiger partial charge in [0.15, 0.2) is 6.17 Å². The molecule has 0 radical (unpaired) electrons. The van der Waals surface area contributed by atoms with Gasteiger partial charge in [0, 0.05) is 25.0 Å². The summed E-state index contributed by atoms with van der Waals surface area (Å²) < 4.78 is 13.8. The number of amides is 1. The SMILES string of the molecule is CCOc1ccc(N2C(=O)c3cc(I)ccc3NC2c2ccc(-c3ccc(Br)cc3)o2)cc1. The standard InChI is InChI=1S/C26H20BrIN2O3/c1-2-32-20-10-8-19(9-11-20)30-25(29-22-12-7-18(28)15-21(22)26(30)31)24-14-13-23(33-24)16-3-5-17(27)6-4-16/h3-15,25,29H,2H2,1H3. The fraction of sp³-hybridized carbons (Fsp3) is 0.115. The minimum Gasteiger partial charge on any atom is -0.494 e. The van der Waals surface area contributed by atoms with Crippen LogP contribution in [0.4, 0.5) is 11.4 Å². The van der Waals surface area contributed by atoms with Gasteiger partial charge in [-0.25, -0.2) is 0 Å². The fourth-order valence-corrected chi connectivity index (χ4v) is 4.64. The fourth-order valence-electron chi connectivity index (χ4n) is 3.88. The Morgan fingerprint density at radius 2 is 1.79 bits per heavy atom. The van der Waals surface area contributed by atoms with E-state index < -0.39 is 6.17 Å². The Kier molecular flexibility index (Phi) is 6.16. The molecule has 2 heterocycles. The molecule has 166 valence electrons. The molecule has 1 aliphatic heterocycles. The molecule has 0 saturated heterocycles. The summed E-state index contributed by atoms with van der Waals surface area (Å²) in [7, 11) is 0. The number of fused-ring (bicyclic) bond motifs is 1. The highest BCUT2D eigenvalue weighted by Gasteiger charge is 2.36. The molecule has 0 bridgehead atoms. The van der Waals surface area contributed by atoms with Crippen molar-refractivity contribution in [3.05, 3.63) is 98.2 Å². The topological polar surface area (TPSA) is 54.7 Å². The summed E-state index contributed by atoms with van der Waals surface area (Å²) in [5.74, 6) is 2.07. The first-order valence-corrected chi connectivity index (χ1v) is 12.4. The van der Waals surface area contributed by atoms with E-state index in [1.54, 1.807) is 4.90 Å². The number of anilines is 2. The van der Waals surface area contributed by atoms with Crippen LogP contribution in [0.2, 0.25) is 0 Å². The van der Waals surface area contributed by atoms with Crippen molar-refractivity contribution in [1.29, 1.82) is 0 Å². The van der Waals surface area contributed by atoms with Crippen molar-refractivity contribution in [2.24, 2.45) is 0 Å². The van der Waals surface area contributed by atoms with Gasteiger partial charge in [0.05, 0.1) is 12.2 Å². The number of benzene rings is 3. The molecule has 7 heteroatoms. The first kappa shape index (κ1) is 22.0. The van der Waals surface area contributed by atoms with Gasteiger partial charge in [0.2, 0.25) is 0 Å². The van der Waals surface area contributed by atoms with E-state index in [4.69, 9.17) is 9.15 Å². The normalized spacial score (nSPS) is 15.2. The molecule has 33 heavy (non-hydrogen) atoms. The van der Waals surface area contributed by atoms with Crippen molar-refractivity contribution in [1.82, 2.24) is 0 Å². The lowest BCUT2D eigenvalue weighted by molar-refractivity contribution is 0.0971. The minimum atomic E-state index is -0.493. The molecule has 0 aliphatic carbocycles. The monoisotopic (exact) mass is 614 g/mol. The minimum absolute atomic E-state index is 0.0852. The van der Waals surface area contributed by atoms with Gasteiger partial charge in [-0.15, -0.1) is 0 Å². The van der Waals surface area contributed by atoms with Gasteiger partial charge in [-0.3, -0.25) is 9.69 Å². The Hall–Kier alpha value is -2.78. The van der Waals surface area contributed by atoms with Crippen molar-refractivity contribution < 1.29 is 13.9 Å². The summed E-state index contributed by atoms with van der Waals surface area (Å²) in [5.41, 5.74) is 3.14. The summed E-state index contributed by atoms with van der Waals surface area (Å²) in [6.45, 7) is 2.53. The first-order valence-electron chi connectivity index (χ1n) is 10.5. The zero-order chi connectivity index (χ0) is 22.9. The number of carbonyl (C=O) groups is 1. The lowest BCUT2D eigenvalue weighted by Crippen LogP contribution is -2.43. The van der Waals surface area contributed by atoms with Gasteiger partial charge in [-0.05, 0) is 96.2 Å². The highest BCUT2D eigenvalue weighted by Crippen LogP contribution is 2.39. The van der Waals surface area contributed by atoms with Crippen molar-refractivity contribution in [3.63, 3.8) is 0 Å². The largest absolute Gasteiger partial charge is 0.494 e. The molecule has 3 aromatic carbocycles. The molecule has 4 aromatic rings. The van der Waals surface area contributed by atoms with Crippen LogP contribution in [0.5, 0.6) is 5.75 Å². The highest BCUT2D eigenvalue weighted by molar-refractivity contribution is 14.1. The van der Waals surface area contributed by atoms with Gasteiger partial charge in [0.1, 0.15) is 17.3 Å². The third kappa shape index (κ3) is 4.39. The van der Waals surface area contributed by atoms with Gasteiger partial charge in [-0.1, -0.05) is 28.1 Å². The van der Waals surface area contributed by atoms with E-state index in [0.717, 1.165) is 36.5 Å². The summed E-state index contributed by atoms with van der Waals surface area (Å²) in [6, 6.07) is 25.2. The molecule has 0 fully saturated rings. The third-order valence-corrected chi connectivity index (χ3v) is 6.63. The maximum Gasteiger partial charge on any atom is 0.262 e. The molecule has 1 aromatic heterocycles. The third-order valence-electron chi connectivity index (χ3n) is 5.43. The number of hydrogen-bond donors (Lipinski definition) is 1. The lowest BCUT2D eigenvalue weighted by atomic mass is 10.1. The number of ether oxygens (including phenoxy) is 1. The van der Waals surface area contributed by atoms with Crippen molar-refractivity contribution >= 4 is 55.8 Å². The van der Waals surface area contributed by atoms with Crippen LogP contribution in [-0.4, -0.2) is 12.5 Å². The van der Waals surface area contributed by atoms with E-state index in [1.807, 2.05) is 85.8 Å². The maximum absolute atomic E-state index is 13.7. The van der Waals surface area contributed by atoms with Crippen LogP contribution in [0.1, 0.15) is 29.2 Å². The van der Waals surface area contributed by atoms with Gasteiger partial charge in [0.25, 0.3) is 5.91 Å². The molecular formula is C26H20BrIN2O3. The number of nitrogens with zero attached hydrogens (tertiary/aromatic N) is 1. The van der Waals surface area contributed by atoms with Crippen LogP contribution in [0.15, 0.2) is 87.8 Å². The van der Waals surface area contributed by atoms with Gasteiger partial charge >= 0.3 is 0 Å². The van der Waals surface area contributed by atoms with Crippen LogP contribution in [-0.2, 0) is 0 Å². The van der Waals surface area contributed by atoms with E-state index in [1.165, 1.54) is 0 Å². The molecule has 1 unspecified atom stereocenters. The van der Waals surface area contributed by atoms with Gasteiger partial charge in [-0.2, -0.15) is 0 Å². The van der Waals surface area contributed by atoms with Crippen LogP contribution in [0.3, 0.4) is 0 Å². The second-order valence-electron chi connectivity index (χ2n) is 7.55. The Bertz CT molecular complexity index is 1300. The number of furan rings is 1. The smallest absolute Gasteiger partial charge is 0.262 e. The molecule has 1 atom stereocenters. The number of halogens is 2. The quantitative estimate of drug-likeness (QED) is 0.237. The second-order valence-corrected chi connectivity index (χ2v) is 9.71. The number of rotatable bonds is 5. The number of nitrogens with one attached hydrogen (secondary N) is 1. The van der Waals surface area contributed by atoms with Crippen LogP contribution < -0.4 is 15.0 Å². The molecule has 1 N–H and O–H groups in total. The Morgan fingerprint density at radius 1 is 1.03 bits per heavy atom. The summed E-state index contributed by atoms with van der Waals surface area (Å²) >= 11 is 5.69.